The first-order valence-electron chi connectivity index (χ1n) is 4.42. The normalized spacial score (nSPS) is 10.8. The van der Waals surface area contributed by atoms with Crippen LogP contribution in [-0.2, 0) is 9.53 Å². The molecule has 0 atom stereocenters. The number of amides is 2. The van der Waals surface area contributed by atoms with E-state index in [0.717, 1.165) is 7.11 Å². The summed E-state index contributed by atoms with van der Waals surface area (Å²) in [7, 11) is 0.891. The smallest absolute Gasteiger partial charge is 0.452 e. The summed E-state index contributed by atoms with van der Waals surface area (Å²) < 4.78 is 41.0. The highest BCUT2D eigenvalue weighted by molar-refractivity contribution is 6.14. The Balaban J connectivity index is 3.15. The summed E-state index contributed by atoms with van der Waals surface area (Å²) in [5.74, 6) is -2.30. The Morgan fingerprint density at radius 3 is 2.12 bits per heavy atom. The van der Waals surface area contributed by atoms with Crippen LogP contribution in [0.1, 0.15) is 0 Å². The van der Waals surface area contributed by atoms with Gasteiger partial charge in [-0.2, -0.15) is 13.2 Å². The number of rotatable bonds is 1. The summed E-state index contributed by atoms with van der Waals surface area (Å²) in [4.78, 5) is 22.2. The molecule has 0 aliphatic carbocycles. The number of imide groups is 1. The molecule has 1 aromatic carbocycles. The monoisotopic (exact) mass is 247 g/mol. The molecule has 0 aliphatic heterocycles. The van der Waals surface area contributed by atoms with Crippen molar-refractivity contribution in [2.24, 2.45) is 0 Å². The lowest BCUT2D eigenvalue weighted by Crippen LogP contribution is -2.45. The van der Waals surface area contributed by atoms with Gasteiger partial charge in [-0.15, -0.1) is 0 Å². The zero-order valence-corrected chi connectivity index (χ0v) is 8.69. The van der Waals surface area contributed by atoms with Crippen molar-refractivity contribution < 1.29 is 27.5 Å². The number of anilines is 1. The van der Waals surface area contributed by atoms with Crippen LogP contribution >= 0.6 is 0 Å². The molecule has 0 spiro atoms. The van der Waals surface area contributed by atoms with Crippen molar-refractivity contribution in [3.8, 4) is 0 Å². The Hall–Kier alpha value is -2.05. The van der Waals surface area contributed by atoms with E-state index in [4.69, 9.17) is 0 Å². The number of carbonyl (C=O) groups is 2. The average molecular weight is 247 g/mol. The lowest BCUT2D eigenvalue weighted by atomic mass is 10.3. The molecule has 0 fully saturated rings. The Kier molecular flexibility index (Phi) is 3.72. The van der Waals surface area contributed by atoms with Gasteiger partial charge in [-0.1, -0.05) is 18.2 Å². The van der Waals surface area contributed by atoms with Gasteiger partial charge in [0.05, 0.1) is 12.8 Å². The number of benzene rings is 1. The van der Waals surface area contributed by atoms with Crippen molar-refractivity contribution in [2.75, 3.05) is 12.0 Å². The van der Waals surface area contributed by atoms with Gasteiger partial charge in [0.15, 0.2) is 0 Å². The second-order valence-corrected chi connectivity index (χ2v) is 2.94. The number of hydrogen-bond donors (Lipinski definition) is 0. The zero-order chi connectivity index (χ0) is 13.1. The SMILES string of the molecule is COC(=O)N(C(=O)C(F)(F)F)c1ccccc1. The Labute approximate surface area is 94.6 Å². The maximum absolute atomic E-state index is 12.3. The van der Waals surface area contributed by atoms with Gasteiger partial charge >= 0.3 is 18.2 Å². The molecule has 17 heavy (non-hydrogen) atoms. The minimum atomic E-state index is -5.15. The molecule has 4 nitrogen and oxygen atoms in total. The summed E-state index contributed by atoms with van der Waals surface area (Å²) in [5, 5.41) is 0. The van der Waals surface area contributed by atoms with E-state index in [1.165, 1.54) is 30.3 Å². The fourth-order valence-electron chi connectivity index (χ4n) is 1.10. The third kappa shape index (κ3) is 2.96. The molecule has 0 unspecified atom stereocenters. The first-order chi connectivity index (χ1) is 7.88. The van der Waals surface area contributed by atoms with Crippen molar-refractivity contribution >= 4 is 17.7 Å². The van der Waals surface area contributed by atoms with E-state index in [9.17, 15) is 22.8 Å². The Bertz CT molecular complexity index is 417. The number of ether oxygens (including phenoxy) is 1. The number of carbonyl (C=O) groups excluding carboxylic acids is 2. The van der Waals surface area contributed by atoms with Crippen LogP contribution < -0.4 is 4.90 Å². The van der Waals surface area contributed by atoms with Gasteiger partial charge < -0.3 is 4.74 Å². The van der Waals surface area contributed by atoms with Gasteiger partial charge in [-0.25, -0.2) is 9.69 Å². The van der Waals surface area contributed by atoms with Crippen LogP contribution in [0.3, 0.4) is 0 Å². The van der Waals surface area contributed by atoms with Gasteiger partial charge in [-0.05, 0) is 12.1 Å². The number of nitrogens with zero attached hydrogens (tertiary/aromatic N) is 1. The maximum atomic E-state index is 12.3. The fourth-order valence-corrected chi connectivity index (χ4v) is 1.10. The van der Waals surface area contributed by atoms with Crippen LogP contribution in [0.15, 0.2) is 30.3 Å². The molecule has 0 heterocycles. The predicted octanol–water partition coefficient (Wildman–Crippen LogP) is 2.35. The van der Waals surface area contributed by atoms with Crippen LogP contribution in [0, 0.1) is 0 Å². The first kappa shape index (κ1) is 13.0. The molecule has 1 rings (SSSR count). The minimum Gasteiger partial charge on any atom is -0.452 e. The molecule has 0 radical (unpaired) electrons. The second-order valence-electron chi connectivity index (χ2n) is 2.94. The van der Waals surface area contributed by atoms with Gasteiger partial charge in [0.1, 0.15) is 0 Å². The van der Waals surface area contributed by atoms with Gasteiger partial charge in [0.2, 0.25) is 0 Å². The molecule has 0 saturated carbocycles. The predicted molar refractivity (Wildman–Crippen MR) is 52.4 cm³/mol. The van der Waals surface area contributed by atoms with Crippen molar-refractivity contribution in [1.82, 2.24) is 0 Å². The number of hydrogen-bond acceptors (Lipinski definition) is 3. The molecule has 1 aromatic rings. The van der Waals surface area contributed by atoms with E-state index >= 15 is 0 Å². The molecule has 0 N–H and O–H groups in total. The van der Waals surface area contributed by atoms with Crippen LogP contribution in [-0.4, -0.2) is 25.3 Å². The first-order valence-corrected chi connectivity index (χ1v) is 4.42. The fraction of sp³-hybridized carbons (Fsp3) is 0.200. The zero-order valence-electron chi connectivity index (χ0n) is 8.69. The second kappa shape index (κ2) is 4.86. The summed E-state index contributed by atoms with van der Waals surface area (Å²) in [6, 6.07) is 6.72. The molecule has 0 aromatic heterocycles. The highest BCUT2D eigenvalue weighted by atomic mass is 19.4. The summed E-state index contributed by atoms with van der Waals surface area (Å²) >= 11 is 0. The minimum absolute atomic E-state index is 0.0694. The molecule has 0 bridgehead atoms. The van der Waals surface area contributed by atoms with Crippen LogP contribution in [0.5, 0.6) is 0 Å². The quantitative estimate of drug-likeness (QED) is 0.765. The number of para-hydroxylation sites is 1. The average Bonchev–Trinajstić information content (AvgIpc) is 2.29. The highest BCUT2D eigenvalue weighted by Gasteiger charge is 2.46. The summed E-state index contributed by atoms with van der Waals surface area (Å²) in [5.41, 5.74) is -0.207. The van der Waals surface area contributed by atoms with E-state index in [2.05, 4.69) is 4.74 Å². The number of alkyl halides is 3. The third-order valence-corrected chi connectivity index (χ3v) is 1.82. The maximum Gasteiger partial charge on any atom is 0.472 e. The van der Waals surface area contributed by atoms with E-state index in [1.54, 1.807) is 0 Å². The Morgan fingerprint density at radius 1 is 1.18 bits per heavy atom. The van der Waals surface area contributed by atoms with E-state index < -0.39 is 18.2 Å². The van der Waals surface area contributed by atoms with Crippen molar-refractivity contribution in [1.29, 1.82) is 0 Å². The van der Waals surface area contributed by atoms with Gasteiger partial charge in [0.25, 0.3) is 0 Å². The highest BCUT2D eigenvalue weighted by Crippen LogP contribution is 2.24. The van der Waals surface area contributed by atoms with Crippen LogP contribution in [0.4, 0.5) is 23.7 Å². The molecular formula is C10H8F3NO3. The van der Waals surface area contributed by atoms with Gasteiger partial charge in [0, 0.05) is 0 Å². The number of methoxy groups -OCH3 is 1. The summed E-state index contributed by atoms with van der Waals surface area (Å²) in [6.45, 7) is 0. The van der Waals surface area contributed by atoms with Gasteiger partial charge in [-0.3, -0.25) is 4.79 Å². The molecule has 0 aliphatic rings. The topological polar surface area (TPSA) is 46.6 Å². The molecule has 92 valence electrons. The molecule has 2 amide bonds. The van der Waals surface area contributed by atoms with E-state index in [1.807, 2.05) is 0 Å². The molecular weight excluding hydrogens is 239 g/mol. The largest absolute Gasteiger partial charge is 0.472 e. The van der Waals surface area contributed by atoms with Crippen molar-refractivity contribution in [2.45, 2.75) is 6.18 Å². The third-order valence-electron chi connectivity index (χ3n) is 1.82. The van der Waals surface area contributed by atoms with Crippen molar-refractivity contribution in [3.05, 3.63) is 30.3 Å². The standard InChI is InChI=1S/C10H8F3NO3/c1-17-9(16)14(8(15)10(11,12)13)7-5-3-2-4-6-7/h2-6H,1H3. The Morgan fingerprint density at radius 2 is 1.71 bits per heavy atom. The van der Waals surface area contributed by atoms with E-state index in [0.29, 0.717) is 0 Å². The van der Waals surface area contributed by atoms with E-state index in [-0.39, 0.29) is 10.6 Å². The van der Waals surface area contributed by atoms with Crippen molar-refractivity contribution in [3.63, 3.8) is 0 Å². The van der Waals surface area contributed by atoms with Crippen LogP contribution in [0.25, 0.3) is 0 Å². The molecule has 7 heteroatoms. The summed E-state index contributed by atoms with van der Waals surface area (Å²) in [6.07, 6.45) is -6.54. The van der Waals surface area contributed by atoms with Crippen LogP contribution in [0.2, 0.25) is 0 Å². The number of halogens is 3. The molecule has 0 saturated heterocycles. The lowest BCUT2D eigenvalue weighted by molar-refractivity contribution is -0.169. The lowest BCUT2D eigenvalue weighted by Gasteiger charge is -2.20.